The van der Waals surface area contributed by atoms with Gasteiger partial charge < -0.3 is 19.5 Å². The first-order valence-corrected chi connectivity index (χ1v) is 13.2. The van der Waals surface area contributed by atoms with E-state index in [9.17, 15) is 9.59 Å². The zero-order valence-corrected chi connectivity index (χ0v) is 24.6. The first kappa shape index (κ1) is 35.2. The molecule has 0 rings (SSSR count). The van der Waals surface area contributed by atoms with Gasteiger partial charge >= 0.3 is 0 Å². The average Bonchev–Trinajstić information content (AvgIpc) is 2.71. The van der Waals surface area contributed by atoms with Gasteiger partial charge in [0, 0.05) is 31.4 Å². The molecule has 34 heavy (non-hydrogen) atoms. The van der Waals surface area contributed by atoms with Crippen molar-refractivity contribution in [2.75, 3.05) is 33.0 Å². The zero-order chi connectivity index (χ0) is 27.1. The van der Waals surface area contributed by atoms with Crippen molar-refractivity contribution in [1.29, 1.82) is 0 Å². The highest BCUT2D eigenvalue weighted by Crippen LogP contribution is 2.24. The number of hydrogen-bond donors (Lipinski definition) is 1. The third-order valence-electron chi connectivity index (χ3n) is 5.30. The first-order chi connectivity index (χ1) is 15.5. The summed E-state index contributed by atoms with van der Waals surface area (Å²) in [5, 5.41) is 3.02. The van der Waals surface area contributed by atoms with Crippen molar-refractivity contribution in [3.63, 3.8) is 0 Å². The lowest BCUT2D eigenvalue weighted by Gasteiger charge is -2.31. The van der Waals surface area contributed by atoms with Gasteiger partial charge in [-0.3, -0.25) is 9.59 Å². The maximum atomic E-state index is 12.5. The lowest BCUT2D eigenvalue weighted by atomic mass is 9.87. The summed E-state index contributed by atoms with van der Waals surface area (Å²) in [6, 6.07) is 0. The number of hydrogen-bond acceptors (Lipinski definition) is 5. The second-order valence-corrected chi connectivity index (χ2v) is 11.8. The minimum atomic E-state index is -0.540. The van der Waals surface area contributed by atoms with Crippen LogP contribution >= 0.6 is 0 Å². The Morgan fingerprint density at radius 3 is 1.79 bits per heavy atom. The molecule has 0 aliphatic rings. The molecule has 0 aromatic carbocycles. The molecule has 0 radical (unpaired) electrons. The number of amides is 1. The number of rotatable bonds is 18. The van der Waals surface area contributed by atoms with Gasteiger partial charge in [-0.1, -0.05) is 55.4 Å². The van der Waals surface area contributed by atoms with Crippen LogP contribution < -0.4 is 5.32 Å². The zero-order valence-electron chi connectivity index (χ0n) is 24.6. The van der Waals surface area contributed by atoms with Gasteiger partial charge in [-0.15, -0.1) is 0 Å². The van der Waals surface area contributed by atoms with Crippen molar-refractivity contribution in [3.05, 3.63) is 0 Å². The highest BCUT2D eigenvalue weighted by molar-refractivity contribution is 5.78. The minimum Gasteiger partial charge on any atom is -0.380 e. The predicted octanol–water partition coefficient (Wildman–Crippen LogP) is 6.35. The third kappa shape index (κ3) is 19.3. The number of nitrogens with one attached hydrogen (secondary N) is 1. The second-order valence-electron chi connectivity index (χ2n) is 11.8. The van der Waals surface area contributed by atoms with Gasteiger partial charge in [0.25, 0.3) is 0 Å². The Labute approximate surface area is 211 Å². The summed E-state index contributed by atoms with van der Waals surface area (Å²) in [4.78, 5) is 24.2. The smallest absolute Gasteiger partial charge is 0.222 e. The van der Waals surface area contributed by atoms with Crippen molar-refractivity contribution in [2.45, 2.75) is 126 Å². The number of carbonyl (C=O) groups excluding carboxylic acids is 2. The second kappa shape index (κ2) is 16.6. The van der Waals surface area contributed by atoms with E-state index in [2.05, 4.69) is 53.8 Å². The largest absolute Gasteiger partial charge is 0.380 e. The van der Waals surface area contributed by atoms with Crippen LogP contribution in [0.4, 0.5) is 0 Å². The van der Waals surface area contributed by atoms with Gasteiger partial charge in [0.05, 0.1) is 37.4 Å². The van der Waals surface area contributed by atoms with Gasteiger partial charge in [-0.05, 0) is 46.0 Å². The Morgan fingerprint density at radius 2 is 1.26 bits per heavy atom. The topological polar surface area (TPSA) is 73.9 Å². The van der Waals surface area contributed by atoms with Crippen LogP contribution in [-0.2, 0) is 23.8 Å². The van der Waals surface area contributed by atoms with E-state index in [-0.39, 0.29) is 28.1 Å². The molecule has 204 valence electrons. The summed E-state index contributed by atoms with van der Waals surface area (Å²) < 4.78 is 17.8. The van der Waals surface area contributed by atoms with E-state index in [1.165, 1.54) is 0 Å². The van der Waals surface area contributed by atoms with Crippen LogP contribution in [0, 0.1) is 10.8 Å². The molecule has 0 saturated carbocycles. The molecule has 0 saturated heterocycles. The summed E-state index contributed by atoms with van der Waals surface area (Å²) in [6.07, 6.45) is 3.16. The fourth-order valence-corrected chi connectivity index (χ4v) is 3.23. The summed E-state index contributed by atoms with van der Waals surface area (Å²) in [5.74, 6) is 0.227. The lowest BCUT2D eigenvalue weighted by Crippen LogP contribution is -2.41. The van der Waals surface area contributed by atoms with Crippen LogP contribution in [0.25, 0.3) is 0 Å². The third-order valence-corrected chi connectivity index (χ3v) is 5.30. The van der Waals surface area contributed by atoms with Gasteiger partial charge in [-0.2, -0.15) is 0 Å². The van der Waals surface area contributed by atoms with Crippen molar-refractivity contribution in [2.24, 2.45) is 10.8 Å². The number of Topliss-reactive ketones (excluding diaryl/α,β-unsaturated/α-hetero) is 1. The Bertz CT molecular complexity index is 567. The summed E-state index contributed by atoms with van der Waals surface area (Å²) in [6.45, 7) is 27.1. The van der Waals surface area contributed by atoms with Crippen molar-refractivity contribution in [3.8, 4) is 0 Å². The Kier molecular flexibility index (Phi) is 17.2. The van der Waals surface area contributed by atoms with Gasteiger partial charge in [0.15, 0.2) is 0 Å². The lowest BCUT2D eigenvalue weighted by molar-refractivity contribution is -0.129. The molecule has 6 heteroatoms. The summed E-state index contributed by atoms with van der Waals surface area (Å²) in [5.41, 5.74) is -1.14. The highest BCUT2D eigenvalue weighted by Gasteiger charge is 2.28. The predicted molar refractivity (Wildman–Crippen MR) is 142 cm³/mol. The molecule has 0 aliphatic carbocycles. The Balaban J connectivity index is 0. The normalized spacial score (nSPS) is 12.7. The molecule has 0 atom stereocenters. The van der Waals surface area contributed by atoms with Crippen molar-refractivity contribution in [1.82, 2.24) is 5.32 Å². The Hall–Kier alpha value is -0.980. The van der Waals surface area contributed by atoms with E-state index < -0.39 is 5.60 Å². The first-order valence-electron chi connectivity index (χ1n) is 13.2. The van der Waals surface area contributed by atoms with Crippen LogP contribution in [0.5, 0.6) is 0 Å². The minimum absolute atomic E-state index is 0.0292. The maximum absolute atomic E-state index is 12.5. The van der Waals surface area contributed by atoms with Crippen LogP contribution in [0.15, 0.2) is 0 Å². The van der Waals surface area contributed by atoms with E-state index >= 15 is 0 Å². The monoisotopic (exact) mass is 487 g/mol. The quantitative estimate of drug-likeness (QED) is 0.244. The molecule has 0 bridgehead atoms. The standard InChI is InChI=1S/C26H51NO5.C2H6/c1-11-14-31-25(7,8)13-15-32-26(9,10)17-22(29)27-18-24(5,6)20-30-19-23(3,4)16-21(28)12-2;1-2/h11-20H2,1-10H3,(H,27,29);1-2H3. The molecule has 0 unspecified atom stereocenters. The fraction of sp³-hybridized carbons (Fsp3) is 0.929. The fourth-order valence-electron chi connectivity index (χ4n) is 3.23. The van der Waals surface area contributed by atoms with Gasteiger partial charge in [0.2, 0.25) is 5.91 Å². The molecule has 1 amide bonds. The van der Waals surface area contributed by atoms with Crippen molar-refractivity contribution >= 4 is 11.7 Å². The van der Waals surface area contributed by atoms with E-state index in [4.69, 9.17) is 14.2 Å². The molecule has 6 nitrogen and oxygen atoms in total. The maximum Gasteiger partial charge on any atom is 0.222 e. The van der Waals surface area contributed by atoms with Crippen LogP contribution in [-0.4, -0.2) is 55.9 Å². The van der Waals surface area contributed by atoms with E-state index in [0.29, 0.717) is 45.6 Å². The molecular weight excluding hydrogens is 430 g/mol. The molecule has 0 aliphatic heterocycles. The number of ether oxygens (including phenoxy) is 3. The van der Waals surface area contributed by atoms with E-state index in [1.807, 2.05) is 34.6 Å². The highest BCUT2D eigenvalue weighted by atomic mass is 16.5. The SMILES string of the molecule is CC.CCCOC(C)(C)CCOC(C)(C)CC(=O)NCC(C)(C)COCC(C)(C)CC(=O)CC. The Morgan fingerprint density at radius 1 is 0.735 bits per heavy atom. The molecule has 1 N–H and O–H groups in total. The molecule has 0 heterocycles. The molecule has 0 aromatic heterocycles. The molecule has 0 spiro atoms. The molecule has 0 aromatic rings. The van der Waals surface area contributed by atoms with E-state index in [1.54, 1.807) is 0 Å². The number of carbonyl (C=O) groups is 2. The van der Waals surface area contributed by atoms with Crippen LogP contribution in [0.3, 0.4) is 0 Å². The van der Waals surface area contributed by atoms with E-state index in [0.717, 1.165) is 19.4 Å². The van der Waals surface area contributed by atoms with Crippen LogP contribution in [0.2, 0.25) is 0 Å². The summed E-state index contributed by atoms with van der Waals surface area (Å²) in [7, 11) is 0. The van der Waals surface area contributed by atoms with Crippen LogP contribution in [0.1, 0.15) is 115 Å². The summed E-state index contributed by atoms with van der Waals surface area (Å²) >= 11 is 0. The average molecular weight is 488 g/mol. The molecular formula is C28H57NO5. The van der Waals surface area contributed by atoms with Gasteiger partial charge in [0.1, 0.15) is 5.78 Å². The van der Waals surface area contributed by atoms with Gasteiger partial charge in [-0.25, -0.2) is 0 Å². The molecule has 0 fully saturated rings. The number of ketones is 1. The van der Waals surface area contributed by atoms with Crippen molar-refractivity contribution < 1.29 is 23.8 Å².